The van der Waals surface area contributed by atoms with Crippen LogP contribution in [0.15, 0.2) is 0 Å². The molecule has 0 aromatic carbocycles. The summed E-state index contributed by atoms with van der Waals surface area (Å²) in [6, 6.07) is 1.08. The van der Waals surface area contributed by atoms with Crippen molar-refractivity contribution in [3.05, 3.63) is 0 Å². The highest BCUT2D eigenvalue weighted by molar-refractivity contribution is 4.80. The van der Waals surface area contributed by atoms with E-state index in [0.717, 1.165) is 32.8 Å². The van der Waals surface area contributed by atoms with Crippen molar-refractivity contribution in [1.29, 1.82) is 0 Å². The van der Waals surface area contributed by atoms with E-state index in [-0.39, 0.29) is 6.10 Å². The first-order chi connectivity index (χ1) is 8.66. The van der Waals surface area contributed by atoms with Gasteiger partial charge in [0.25, 0.3) is 0 Å². The lowest BCUT2D eigenvalue weighted by Crippen LogP contribution is -2.49. The second kappa shape index (κ2) is 6.85. The molecule has 4 heteroatoms. The molecular weight excluding hydrogens is 228 g/mol. The Morgan fingerprint density at radius 3 is 3.00 bits per heavy atom. The minimum atomic E-state index is 0.246. The van der Waals surface area contributed by atoms with E-state index in [0.29, 0.717) is 18.2 Å². The summed E-state index contributed by atoms with van der Waals surface area (Å²) in [6.07, 6.45) is 3.00. The van der Waals surface area contributed by atoms with Crippen molar-refractivity contribution in [1.82, 2.24) is 10.2 Å². The lowest BCUT2D eigenvalue weighted by Gasteiger charge is -2.37. The Kier molecular flexibility index (Phi) is 5.42. The van der Waals surface area contributed by atoms with Gasteiger partial charge in [0.2, 0.25) is 0 Å². The summed E-state index contributed by atoms with van der Waals surface area (Å²) in [5.41, 5.74) is 0. The van der Waals surface area contributed by atoms with Gasteiger partial charge < -0.3 is 14.8 Å². The molecule has 0 radical (unpaired) electrons. The average Bonchev–Trinajstić information content (AvgIpc) is 2.38. The first-order valence-corrected chi connectivity index (χ1v) is 7.37. The fourth-order valence-electron chi connectivity index (χ4n) is 2.79. The van der Waals surface area contributed by atoms with Crippen LogP contribution in [0, 0.1) is 0 Å². The highest BCUT2D eigenvalue weighted by Gasteiger charge is 2.26. The number of nitrogens with one attached hydrogen (secondary N) is 1. The fourth-order valence-corrected chi connectivity index (χ4v) is 2.79. The number of hydrogen-bond donors (Lipinski definition) is 1. The highest BCUT2D eigenvalue weighted by Crippen LogP contribution is 2.15. The average molecular weight is 256 g/mol. The molecular formula is C14H28N2O2. The molecule has 2 aliphatic heterocycles. The molecule has 0 aromatic rings. The van der Waals surface area contributed by atoms with Crippen LogP contribution < -0.4 is 5.32 Å². The smallest absolute Gasteiger partial charge is 0.0935 e. The topological polar surface area (TPSA) is 33.7 Å². The third-order valence-corrected chi connectivity index (χ3v) is 4.09. The van der Waals surface area contributed by atoms with Crippen LogP contribution >= 0.6 is 0 Å². The SMILES string of the molecule is CC1NCCCC1OCC1CN(C(C)C)CCO1. The quantitative estimate of drug-likeness (QED) is 0.821. The minimum Gasteiger partial charge on any atom is -0.374 e. The molecule has 0 bridgehead atoms. The number of hydrogen-bond acceptors (Lipinski definition) is 4. The maximum atomic E-state index is 6.05. The zero-order chi connectivity index (χ0) is 13.0. The van der Waals surface area contributed by atoms with Crippen LogP contribution in [0.3, 0.4) is 0 Å². The van der Waals surface area contributed by atoms with E-state index < -0.39 is 0 Å². The molecule has 2 rings (SSSR count). The summed E-state index contributed by atoms with van der Waals surface area (Å²) in [5.74, 6) is 0. The number of morpholine rings is 1. The van der Waals surface area contributed by atoms with Crippen molar-refractivity contribution in [3.8, 4) is 0 Å². The zero-order valence-corrected chi connectivity index (χ0v) is 12.0. The molecule has 18 heavy (non-hydrogen) atoms. The predicted molar refractivity (Wildman–Crippen MR) is 72.9 cm³/mol. The van der Waals surface area contributed by atoms with Gasteiger partial charge in [0.15, 0.2) is 0 Å². The van der Waals surface area contributed by atoms with Gasteiger partial charge in [-0.2, -0.15) is 0 Å². The Hall–Kier alpha value is -0.160. The Labute approximate surface area is 111 Å². The maximum Gasteiger partial charge on any atom is 0.0935 e. The lowest BCUT2D eigenvalue weighted by molar-refractivity contribution is -0.0984. The van der Waals surface area contributed by atoms with Gasteiger partial charge >= 0.3 is 0 Å². The fraction of sp³-hybridized carbons (Fsp3) is 1.00. The third kappa shape index (κ3) is 3.92. The van der Waals surface area contributed by atoms with E-state index in [1.807, 2.05) is 0 Å². The second-order valence-corrected chi connectivity index (χ2v) is 5.84. The van der Waals surface area contributed by atoms with Gasteiger partial charge in [-0.3, -0.25) is 4.90 Å². The molecule has 0 aromatic heterocycles. The summed E-state index contributed by atoms with van der Waals surface area (Å²) in [6.45, 7) is 11.5. The molecule has 3 unspecified atom stereocenters. The normalized spacial score (nSPS) is 35.0. The van der Waals surface area contributed by atoms with Crippen molar-refractivity contribution < 1.29 is 9.47 Å². The van der Waals surface area contributed by atoms with Gasteiger partial charge in [-0.1, -0.05) is 0 Å². The Morgan fingerprint density at radius 2 is 2.28 bits per heavy atom. The van der Waals surface area contributed by atoms with Crippen molar-refractivity contribution >= 4 is 0 Å². The molecule has 2 heterocycles. The first-order valence-electron chi connectivity index (χ1n) is 7.37. The summed E-state index contributed by atoms with van der Waals surface area (Å²) in [7, 11) is 0. The van der Waals surface area contributed by atoms with E-state index in [1.54, 1.807) is 0 Å². The Bertz CT molecular complexity index is 248. The van der Waals surface area contributed by atoms with E-state index in [9.17, 15) is 0 Å². The van der Waals surface area contributed by atoms with Crippen molar-refractivity contribution in [2.75, 3.05) is 32.8 Å². The van der Waals surface area contributed by atoms with Crippen molar-refractivity contribution in [3.63, 3.8) is 0 Å². The van der Waals surface area contributed by atoms with E-state index >= 15 is 0 Å². The van der Waals surface area contributed by atoms with E-state index in [4.69, 9.17) is 9.47 Å². The van der Waals surface area contributed by atoms with Gasteiger partial charge in [0.1, 0.15) is 0 Å². The summed E-state index contributed by atoms with van der Waals surface area (Å²) < 4.78 is 11.8. The van der Waals surface area contributed by atoms with Crippen LogP contribution in [0.1, 0.15) is 33.6 Å². The van der Waals surface area contributed by atoms with Gasteiger partial charge in [-0.25, -0.2) is 0 Å². The number of piperidine rings is 1. The van der Waals surface area contributed by atoms with Crippen LogP contribution in [0.4, 0.5) is 0 Å². The lowest BCUT2D eigenvalue weighted by atomic mass is 10.0. The molecule has 0 amide bonds. The van der Waals surface area contributed by atoms with Crippen molar-refractivity contribution in [2.45, 2.75) is 57.9 Å². The standard InChI is InChI=1S/C14H28N2O2/c1-11(2)16-7-8-17-13(9-16)10-18-14-5-4-6-15-12(14)3/h11-15H,4-10H2,1-3H3. The third-order valence-electron chi connectivity index (χ3n) is 4.09. The molecule has 2 saturated heterocycles. The number of ether oxygens (including phenoxy) is 2. The molecule has 2 fully saturated rings. The molecule has 4 nitrogen and oxygen atoms in total. The zero-order valence-electron chi connectivity index (χ0n) is 12.0. The highest BCUT2D eigenvalue weighted by atomic mass is 16.5. The minimum absolute atomic E-state index is 0.246. The predicted octanol–water partition coefficient (Wildman–Crippen LogP) is 1.25. The Morgan fingerprint density at radius 1 is 1.44 bits per heavy atom. The van der Waals surface area contributed by atoms with E-state index in [1.165, 1.54) is 12.8 Å². The number of nitrogens with zero attached hydrogens (tertiary/aromatic N) is 1. The second-order valence-electron chi connectivity index (χ2n) is 5.84. The molecule has 0 spiro atoms. The first kappa shape index (κ1) is 14.3. The summed E-state index contributed by atoms with van der Waals surface area (Å²) >= 11 is 0. The van der Waals surface area contributed by atoms with Gasteiger partial charge in [-0.05, 0) is 40.2 Å². The summed E-state index contributed by atoms with van der Waals surface area (Å²) in [4.78, 5) is 2.47. The molecule has 3 atom stereocenters. The molecule has 1 N–H and O–H groups in total. The molecule has 106 valence electrons. The molecule has 0 saturated carbocycles. The van der Waals surface area contributed by atoms with Crippen LogP contribution in [0.2, 0.25) is 0 Å². The van der Waals surface area contributed by atoms with Gasteiger partial charge in [-0.15, -0.1) is 0 Å². The summed E-state index contributed by atoms with van der Waals surface area (Å²) in [5, 5.41) is 3.47. The van der Waals surface area contributed by atoms with Crippen LogP contribution in [-0.4, -0.2) is 62.0 Å². The van der Waals surface area contributed by atoms with Crippen molar-refractivity contribution in [2.24, 2.45) is 0 Å². The van der Waals surface area contributed by atoms with Gasteiger partial charge in [0.05, 0.1) is 25.4 Å². The molecule has 0 aliphatic carbocycles. The van der Waals surface area contributed by atoms with Crippen LogP contribution in [0.5, 0.6) is 0 Å². The van der Waals surface area contributed by atoms with Crippen LogP contribution in [-0.2, 0) is 9.47 Å². The monoisotopic (exact) mass is 256 g/mol. The molecule has 2 aliphatic rings. The van der Waals surface area contributed by atoms with E-state index in [2.05, 4.69) is 31.0 Å². The Balaban J connectivity index is 1.72. The van der Waals surface area contributed by atoms with Crippen LogP contribution in [0.25, 0.3) is 0 Å². The largest absolute Gasteiger partial charge is 0.374 e. The van der Waals surface area contributed by atoms with Gasteiger partial charge in [0, 0.05) is 25.2 Å². The maximum absolute atomic E-state index is 6.05. The number of rotatable bonds is 4.